The molecule has 108 valence electrons. The monoisotopic (exact) mass is 313 g/mol. The molecule has 2 rings (SSSR count). The minimum Gasteiger partial charge on any atom is -0.490 e. The van der Waals surface area contributed by atoms with Crippen molar-refractivity contribution in [1.82, 2.24) is 9.55 Å². The Hall–Kier alpha value is -1.23. The molecule has 0 saturated heterocycles. The Morgan fingerprint density at radius 3 is 2.80 bits per heavy atom. The van der Waals surface area contributed by atoms with Crippen LogP contribution in [0.15, 0.2) is 24.5 Å². The van der Waals surface area contributed by atoms with Crippen LogP contribution in [0.3, 0.4) is 0 Å². The summed E-state index contributed by atoms with van der Waals surface area (Å²) >= 11 is 12.2. The first-order chi connectivity index (χ1) is 9.61. The number of imidazole rings is 1. The number of ether oxygens (including phenoxy) is 1. The van der Waals surface area contributed by atoms with Crippen LogP contribution in [0.1, 0.15) is 11.4 Å². The Bertz CT molecular complexity index is 584. The molecule has 2 aromatic rings. The van der Waals surface area contributed by atoms with Gasteiger partial charge in [-0.3, -0.25) is 0 Å². The largest absolute Gasteiger partial charge is 0.490 e. The van der Waals surface area contributed by atoms with E-state index in [1.54, 1.807) is 12.3 Å². The summed E-state index contributed by atoms with van der Waals surface area (Å²) in [7, 11) is 0. The first kappa shape index (κ1) is 15.2. The molecule has 0 bridgehead atoms. The summed E-state index contributed by atoms with van der Waals surface area (Å²) in [5, 5.41) is 1.11. The van der Waals surface area contributed by atoms with Crippen molar-refractivity contribution in [3.63, 3.8) is 0 Å². The number of aromatic nitrogens is 2. The van der Waals surface area contributed by atoms with Crippen molar-refractivity contribution in [3.05, 3.63) is 46.0 Å². The van der Waals surface area contributed by atoms with Gasteiger partial charge in [-0.25, -0.2) is 4.98 Å². The summed E-state index contributed by atoms with van der Waals surface area (Å²) in [6.07, 6.45) is 4.37. The molecular formula is C14H17Cl2N3O. The van der Waals surface area contributed by atoms with Gasteiger partial charge in [0.2, 0.25) is 0 Å². The number of rotatable bonds is 6. The number of nitrogens with zero attached hydrogens (tertiary/aromatic N) is 2. The molecule has 0 fully saturated rings. The Morgan fingerprint density at radius 1 is 1.35 bits per heavy atom. The van der Waals surface area contributed by atoms with E-state index in [-0.39, 0.29) is 0 Å². The molecule has 0 saturated carbocycles. The lowest BCUT2D eigenvalue weighted by molar-refractivity contribution is 0.294. The van der Waals surface area contributed by atoms with Gasteiger partial charge in [-0.1, -0.05) is 23.2 Å². The van der Waals surface area contributed by atoms with Crippen LogP contribution < -0.4 is 10.5 Å². The van der Waals surface area contributed by atoms with Gasteiger partial charge in [-0.15, -0.1) is 0 Å². The standard InChI is InChI=1S/C14H17Cl2N3O/c1-10-18-4-5-19(10)6-7-20-14-11(2-3-17)8-12(15)9-13(14)16/h4-5,8-9H,2-3,6-7,17H2,1H3. The maximum absolute atomic E-state index is 6.19. The zero-order valence-electron chi connectivity index (χ0n) is 11.3. The number of nitrogens with two attached hydrogens (primary N) is 1. The van der Waals surface area contributed by atoms with Crippen LogP contribution in [0.25, 0.3) is 0 Å². The summed E-state index contributed by atoms with van der Waals surface area (Å²) in [5.41, 5.74) is 6.54. The SMILES string of the molecule is Cc1nccn1CCOc1c(Cl)cc(Cl)cc1CCN. The zero-order chi connectivity index (χ0) is 14.5. The van der Waals surface area contributed by atoms with E-state index in [0.717, 1.165) is 11.4 Å². The van der Waals surface area contributed by atoms with Gasteiger partial charge in [0.15, 0.2) is 0 Å². The molecule has 2 N–H and O–H groups in total. The van der Waals surface area contributed by atoms with Crippen molar-refractivity contribution < 1.29 is 4.74 Å². The summed E-state index contributed by atoms with van der Waals surface area (Å²) in [4.78, 5) is 4.17. The van der Waals surface area contributed by atoms with E-state index in [1.165, 1.54) is 0 Å². The van der Waals surface area contributed by atoms with Gasteiger partial charge in [-0.05, 0) is 37.6 Å². The Balaban J connectivity index is 2.06. The molecule has 0 aliphatic carbocycles. The smallest absolute Gasteiger partial charge is 0.141 e. The number of hydrogen-bond acceptors (Lipinski definition) is 3. The lowest BCUT2D eigenvalue weighted by atomic mass is 10.1. The van der Waals surface area contributed by atoms with Crippen LogP contribution in [0.5, 0.6) is 5.75 Å². The van der Waals surface area contributed by atoms with Crippen LogP contribution in [0.4, 0.5) is 0 Å². The molecule has 0 amide bonds. The van der Waals surface area contributed by atoms with Gasteiger partial charge in [-0.2, -0.15) is 0 Å². The van der Waals surface area contributed by atoms with Gasteiger partial charge < -0.3 is 15.0 Å². The van der Waals surface area contributed by atoms with Gasteiger partial charge in [0.1, 0.15) is 18.2 Å². The van der Waals surface area contributed by atoms with Crippen molar-refractivity contribution in [1.29, 1.82) is 0 Å². The van der Waals surface area contributed by atoms with Crippen molar-refractivity contribution in [2.24, 2.45) is 5.73 Å². The molecule has 1 heterocycles. The van der Waals surface area contributed by atoms with Gasteiger partial charge in [0, 0.05) is 17.4 Å². The van der Waals surface area contributed by atoms with Crippen molar-refractivity contribution >= 4 is 23.2 Å². The van der Waals surface area contributed by atoms with Gasteiger partial charge in [0.25, 0.3) is 0 Å². The normalized spacial score (nSPS) is 10.8. The van der Waals surface area contributed by atoms with E-state index in [2.05, 4.69) is 4.98 Å². The molecule has 0 radical (unpaired) electrons. The number of halogens is 2. The predicted molar refractivity (Wildman–Crippen MR) is 81.7 cm³/mol. The molecule has 6 heteroatoms. The molecular weight excluding hydrogens is 297 g/mol. The minimum atomic E-state index is 0.510. The van der Waals surface area contributed by atoms with E-state index in [1.807, 2.05) is 23.8 Å². The third-order valence-electron chi connectivity index (χ3n) is 3.00. The summed E-state index contributed by atoms with van der Waals surface area (Å²) in [6, 6.07) is 3.53. The lowest BCUT2D eigenvalue weighted by Gasteiger charge is -2.14. The predicted octanol–water partition coefficient (Wildman–Crippen LogP) is 3.08. The van der Waals surface area contributed by atoms with E-state index in [4.69, 9.17) is 33.7 Å². The fourth-order valence-corrected chi connectivity index (χ4v) is 2.59. The number of aryl methyl sites for hydroxylation is 1. The third kappa shape index (κ3) is 3.66. The van der Waals surface area contributed by atoms with Gasteiger partial charge in [0.05, 0.1) is 11.6 Å². The maximum atomic E-state index is 6.19. The van der Waals surface area contributed by atoms with E-state index in [0.29, 0.717) is 41.9 Å². The minimum absolute atomic E-state index is 0.510. The van der Waals surface area contributed by atoms with Crippen LogP contribution in [0.2, 0.25) is 10.0 Å². The van der Waals surface area contributed by atoms with Crippen molar-refractivity contribution in [2.45, 2.75) is 19.9 Å². The average Bonchev–Trinajstić information content (AvgIpc) is 2.78. The van der Waals surface area contributed by atoms with Crippen LogP contribution >= 0.6 is 23.2 Å². The molecule has 4 nitrogen and oxygen atoms in total. The third-order valence-corrected chi connectivity index (χ3v) is 3.50. The van der Waals surface area contributed by atoms with Crippen LogP contribution in [0, 0.1) is 6.92 Å². The molecule has 1 aromatic carbocycles. The van der Waals surface area contributed by atoms with E-state index >= 15 is 0 Å². The molecule has 0 unspecified atom stereocenters. The first-order valence-electron chi connectivity index (χ1n) is 6.40. The second-order valence-electron chi connectivity index (χ2n) is 4.43. The summed E-state index contributed by atoms with van der Waals surface area (Å²) in [5.74, 6) is 1.62. The van der Waals surface area contributed by atoms with Crippen LogP contribution in [-0.2, 0) is 13.0 Å². The quantitative estimate of drug-likeness (QED) is 0.891. The maximum Gasteiger partial charge on any atom is 0.141 e. The molecule has 0 aliphatic heterocycles. The van der Waals surface area contributed by atoms with Gasteiger partial charge >= 0.3 is 0 Å². The van der Waals surface area contributed by atoms with Crippen molar-refractivity contribution in [3.8, 4) is 5.75 Å². The topological polar surface area (TPSA) is 53.1 Å². The highest BCUT2D eigenvalue weighted by atomic mass is 35.5. The first-order valence-corrected chi connectivity index (χ1v) is 7.16. The number of hydrogen-bond donors (Lipinski definition) is 1. The fraction of sp³-hybridized carbons (Fsp3) is 0.357. The van der Waals surface area contributed by atoms with Crippen LogP contribution in [-0.4, -0.2) is 22.7 Å². The molecule has 0 atom stereocenters. The molecule has 0 aliphatic rings. The fourth-order valence-electron chi connectivity index (χ4n) is 2.00. The van der Waals surface area contributed by atoms with Crippen molar-refractivity contribution in [2.75, 3.05) is 13.2 Å². The molecule has 0 spiro atoms. The summed E-state index contributed by atoms with van der Waals surface area (Å²) < 4.78 is 7.83. The highest BCUT2D eigenvalue weighted by molar-refractivity contribution is 6.35. The Kier molecular flexibility index (Phi) is 5.29. The zero-order valence-corrected chi connectivity index (χ0v) is 12.8. The summed E-state index contributed by atoms with van der Waals surface area (Å²) in [6.45, 7) is 3.70. The Labute approximate surface area is 128 Å². The highest BCUT2D eigenvalue weighted by Gasteiger charge is 2.10. The molecule has 1 aromatic heterocycles. The lowest BCUT2D eigenvalue weighted by Crippen LogP contribution is -2.11. The highest BCUT2D eigenvalue weighted by Crippen LogP contribution is 2.32. The van der Waals surface area contributed by atoms with E-state index in [9.17, 15) is 0 Å². The van der Waals surface area contributed by atoms with E-state index < -0.39 is 0 Å². The number of benzene rings is 1. The second-order valence-corrected chi connectivity index (χ2v) is 5.27. The average molecular weight is 314 g/mol. The Morgan fingerprint density at radius 2 is 2.15 bits per heavy atom. The second kappa shape index (κ2) is 6.97. The molecule has 20 heavy (non-hydrogen) atoms.